The zero-order valence-corrected chi connectivity index (χ0v) is 12.2. The van der Waals surface area contributed by atoms with Crippen molar-refractivity contribution in [2.45, 2.75) is 38.8 Å². The molecule has 0 saturated carbocycles. The van der Waals surface area contributed by atoms with Crippen molar-refractivity contribution in [3.8, 4) is 0 Å². The number of hydrogen-bond acceptors (Lipinski definition) is 5. The van der Waals surface area contributed by atoms with E-state index in [-0.39, 0.29) is 0 Å². The lowest BCUT2D eigenvalue weighted by Gasteiger charge is -2.22. The number of nitrogens with zero attached hydrogens (tertiary/aromatic N) is 1. The molecule has 1 aromatic carbocycles. The predicted molar refractivity (Wildman–Crippen MR) is 78.7 cm³/mol. The SMILES string of the molecule is CC(C)(C)OC(=O)C(N)Cc1ccc(N=C=S)cc1. The molecule has 0 aliphatic rings. The number of esters is 1. The van der Waals surface area contributed by atoms with Gasteiger partial charge in [-0.25, -0.2) is 0 Å². The van der Waals surface area contributed by atoms with Crippen LogP contribution in [0.5, 0.6) is 0 Å². The molecule has 102 valence electrons. The maximum Gasteiger partial charge on any atom is 0.323 e. The largest absolute Gasteiger partial charge is 0.459 e. The summed E-state index contributed by atoms with van der Waals surface area (Å²) in [6, 6.07) is 6.65. The van der Waals surface area contributed by atoms with Gasteiger partial charge in [-0.05, 0) is 57.1 Å². The molecule has 0 bridgehead atoms. The smallest absolute Gasteiger partial charge is 0.323 e. The third kappa shape index (κ3) is 5.75. The number of carbonyl (C=O) groups excluding carboxylic acids is 1. The van der Waals surface area contributed by atoms with Gasteiger partial charge >= 0.3 is 5.97 Å². The summed E-state index contributed by atoms with van der Waals surface area (Å²) in [6.07, 6.45) is 0.427. The molecule has 0 fully saturated rings. The Kier molecular flexibility index (Phi) is 5.36. The average Bonchev–Trinajstić information content (AvgIpc) is 2.29. The molecule has 0 amide bonds. The molecule has 19 heavy (non-hydrogen) atoms. The summed E-state index contributed by atoms with van der Waals surface area (Å²) in [4.78, 5) is 15.6. The van der Waals surface area contributed by atoms with E-state index in [2.05, 4.69) is 22.4 Å². The van der Waals surface area contributed by atoms with E-state index in [0.29, 0.717) is 6.42 Å². The molecule has 0 radical (unpaired) electrons. The van der Waals surface area contributed by atoms with Gasteiger partial charge in [0.1, 0.15) is 11.6 Å². The molecule has 4 nitrogen and oxygen atoms in total. The number of ether oxygens (including phenoxy) is 1. The molecule has 1 aromatic rings. The van der Waals surface area contributed by atoms with Crippen molar-refractivity contribution in [2.24, 2.45) is 10.7 Å². The van der Waals surface area contributed by atoms with Crippen molar-refractivity contribution in [3.05, 3.63) is 29.8 Å². The maximum absolute atomic E-state index is 11.7. The van der Waals surface area contributed by atoms with Crippen LogP contribution in [0.4, 0.5) is 5.69 Å². The van der Waals surface area contributed by atoms with Gasteiger partial charge < -0.3 is 10.5 Å². The molecular weight excluding hydrogens is 260 g/mol. The first-order valence-corrected chi connectivity index (χ1v) is 6.38. The van der Waals surface area contributed by atoms with Crippen LogP contribution in [-0.2, 0) is 16.0 Å². The van der Waals surface area contributed by atoms with E-state index in [1.165, 1.54) is 0 Å². The first-order chi connectivity index (χ1) is 8.81. The van der Waals surface area contributed by atoms with Crippen molar-refractivity contribution < 1.29 is 9.53 Å². The number of carbonyl (C=O) groups is 1. The Morgan fingerprint density at radius 2 is 2.00 bits per heavy atom. The van der Waals surface area contributed by atoms with Crippen LogP contribution in [0.15, 0.2) is 29.3 Å². The monoisotopic (exact) mass is 278 g/mol. The summed E-state index contributed by atoms with van der Waals surface area (Å²) in [5.74, 6) is -0.395. The molecule has 5 heteroatoms. The van der Waals surface area contributed by atoms with Crippen molar-refractivity contribution in [1.82, 2.24) is 0 Å². The van der Waals surface area contributed by atoms with Crippen molar-refractivity contribution in [1.29, 1.82) is 0 Å². The normalized spacial score (nSPS) is 12.4. The highest BCUT2D eigenvalue weighted by molar-refractivity contribution is 7.78. The zero-order chi connectivity index (χ0) is 14.5. The minimum absolute atomic E-state index is 0.395. The molecule has 1 unspecified atom stereocenters. The topological polar surface area (TPSA) is 64.7 Å². The minimum atomic E-state index is -0.668. The first-order valence-electron chi connectivity index (χ1n) is 5.97. The van der Waals surface area contributed by atoms with Gasteiger partial charge in [0.25, 0.3) is 0 Å². The highest BCUT2D eigenvalue weighted by Gasteiger charge is 2.22. The molecule has 1 atom stereocenters. The highest BCUT2D eigenvalue weighted by Crippen LogP contribution is 2.14. The molecule has 2 N–H and O–H groups in total. The molecule has 0 aliphatic heterocycles. The van der Waals surface area contributed by atoms with Crippen LogP contribution in [0.3, 0.4) is 0 Å². The predicted octanol–water partition coefficient (Wildman–Crippen LogP) is 2.63. The Bertz CT molecular complexity index is 485. The lowest BCUT2D eigenvalue weighted by Crippen LogP contribution is -2.38. The number of thiocarbonyl (C=S) groups is 1. The molecular formula is C14H18N2O2S. The van der Waals surface area contributed by atoms with E-state index < -0.39 is 17.6 Å². The summed E-state index contributed by atoms with van der Waals surface area (Å²) in [5, 5.41) is 2.30. The third-order valence-corrected chi connectivity index (χ3v) is 2.37. The Balaban J connectivity index is 2.63. The molecule has 0 heterocycles. The van der Waals surface area contributed by atoms with E-state index in [1.807, 2.05) is 32.9 Å². The van der Waals surface area contributed by atoms with E-state index in [0.717, 1.165) is 11.3 Å². The number of benzene rings is 1. The number of hydrogen-bond donors (Lipinski definition) is 1. The van der Waals surface area contributed by atoms with E-state index in [1.54, 1.807) is 12.1 Å². The van der Waals surface area contributed by atoms with E-state index >= 15 is 0 Å². The van der Waals surface area contributed by atoms with E-state index in [9.17, 15) is 4.79 Å². The van der Waals surface area contributed by atoms with Crippen molar-refractivity contribution in [3.63, 3.8) is 0 Å². The van der Waals surface area contributed by atoms with Crippen LogP contribution in [0.1, 0.15) is 26.3 Å². The summed E-state index contributed by atoms with van der Waals surface area (Å²) in [5.41, 5.74) is 6.98. The fourth-order valence-electron chi connectivity index (χ4n) is 1.47. The van der Waals surface area contributed by atoms with Crippen LogP contribution in [0.25, 0.3) is 0 Å². The van der Waals surface area contributed by atoms with Gasteiger partial charge in [0.15, 0.2) is 0 Å². The second-order valence-electron chi connectivity index (χ2n) is 5.21. The van der Waals surface area contributed by atoms with Gasteiger partial charge in [-0.15, -0.1) is 0 Å². The maximum atomic E-state index is 11.7. The van der Waals surface area contributed by atoms with E-state index in [4.69, 9.17) is 10.5 Å². The summed E-state index contributed by atoms with van der Waals surface area (Å²) in [7, 11) is 0. The third-order valence-electron chi connectivity index (χ3n) is 2.28. The van der Waals surface area contributed by atoms with Crippen LogP contribution in [0, 0.1) is 0 Å². The lowest BCUT2D eigenvalue weighted by molar-refractivity contribution is -0.156. The number of aliphatic imine (C=N–C) groups is 1. The van der Waals surface area contributed by atoms with Crippen LogP contribution < -0.4 is 5.73 Å². The zero-order valence-electron chi connectivity index (χ0n) is 11.3. The van der Waals surface area contributed by atoms with Crippen LogP contribution in [-0.4, -0.2) is 22.8 Å². The summed E-state index contributed by atoms with van der Waals surface area (Å²) in [6.45, 7) is 5.45. The fourth-order valence-corrected chi connectivity index (χ4v) is 1.58. The fraction of sp³-hybridized carbons (Fsp3) is 0.429. The molecule has 0 aliphatic carbocycles. The summed E-state index contributed by atoms with van der Waals surface area (Å²) >= 11 is 4.52. The quantitative estimate of drug-likeness (QED) is 0.522. The Hall–Kier alpha value is -1.55. The molecule has 0 saturated heterocycles. The molecule has 0 spiro atoms. The first kappa shape index (κ1) is 15.5. The van der Waals surface area contributed by atoms with Gasteiger partial charge in [-0.2, -0.15) is 4.99 Å². The highest BCUT2D eigenvalue weighted by atomic mass is 32.1. The number of isothiocyanates is 1. The molecule has 0 aromatic heterocycles. The van der Waals surface area contributed by atoms with Crippen LogP contribution in [0.2, 0.25) is 0 Å². The molecule has 1 rings (SSSR count). The van der Waals surface area contributed by atoms with Gasteiger partial charge in [0.05, 0.1) is 10.8 Å². The Morgan fingerprint density at radius 1 is 1.42 bits per heavy atom. The standard InChI is InChI=1S/C14H18N2O2S/c1-14(2,3)18-13(17)12(15)8-10-4-6-11(7-5-10)16-9-19/h4-7,12H,8,15H2,1-3H3. The van der Waals surface area contributed by atoms with Gasteiger partial charge in [-0.3, -0.25) is 4.79 Å². The van der Waals surface area contributed by atoms with Gasteiger partial charge in [0, 0.05) is 0 Å². The Labute approximate surface area is 118 Å². The average molecular weight is 278 g/mol. The van der Waals surface area contributed by atoms with Crippen molar-refractivity contribution in [2.75, 3.05) is 0 Å². The number of rotatable bonds is 4. The Morgan fingerprint density at radius 3 is 2.47 bits per heavy atom. The second-order valence-corrected chi connectivity index (χ2v) is 5.40. The van der Waals surface area contributed by atoms with Crippen LogP contribution >= 0.6 is 12.2 Å². The minimum Gasteiger partial charge on any atom is -0.459 e. The number of nitrogens with two attached hydrogens (primary N) is 1. The second kappa shape index (κ2) is 6.57. The summed E-state index contributed by atoms with van der Waals surface area (Å²) < 4.78 is 5.23. The van der Waals surface area contributed by atoms with Gasteiger partial charge in [0.2, 0.25) is 0 Å². The van der Waals surface area contributed by atoms with Gasteiger partial charge in [-0.1, -0.05) is 12.1 Å². The van der Waals surface area contributed by atoms with Crippen molar-refractivity contribution >= 4 is 29.0 Å². The lowest BCUT2D eigenvalue weighted by atomic mass is 10.1.